The number of ether oxygens (including phenoxy) is 3. The first-order valence-corrected chi connectivity index (χ1v) is 9.55. The van der Waals surface area contributed by atoms with E-state index in [1.165, 1.54) is 5.56 Å². The van der Waals surface area contributed by atoms with Crippen molar-refractivity contribution in [3.8, 4) is 11.5 Å². The fraction of sp³-hybridized carbons (Fsp3) is 0.455. The van der Waals surface area contributed by atoms with Gasteiger partial charge in [-0.2, -0.15) is 0 Å². The van der Waals surface area contributed by atoms with E-state index in [1.807, 2.05) is 42.5 Å². The normalized spacial score (nSPS) is 17.7. The maximum absolute atomic E-state index is 6.13. The van der Waals surface area contributed by atoms with Crippen LogP contribution in [0.5, 0.6) is 11.5 Å². The Balaban J connectivity index is 1.46. The van der Waals surface area contributed by atoms with E-state index < -0.39 is 0 Å². The summed E-state index contributed by atoms with van der Waals surface area (Å²) in [6.07, 6.45) is 3.56. The summed E-state index contributed by atoms with van der Waals surface area (Å²) in [7, 11) is 0. The highest BCUT2D eigenvalue weighted by Gasteiger charge is 2.16. The molecule has 2 unspecified atom stereocenters. The minimum Gasteiger partial charge on any atom is -0.491 e. The largest absolute Gasteiger partial charge is 0.491 e. The summed E-state index contributed by atoms with van der Waals surface area (Å²) in [5.74, 6) is 1.84. The quantitative estimate of drug-likeness (QED) is 0.700. The molecule has 26 heavy (non-hydrogen) atoms. The fourth-order valence-corrected chi connectivity index (χ4v) is 3.00. The Morgan fingerprint density at radius 1 is 1.15 bits per heavy atom. The number of para-hydroxylation sites is 1. The van der Waals surface area contributed by atoms with Crippen LogP contribution in [0.15, 0.2) is 48.5 Å². The maximum atomic E-state index is 6.13. The second kappa shape index (κ2) is 9.48. The van der Waals surface area contributed by atoms with Crippen molar-refractivity contribution in [1.82, 2.24) is 0 Å². The minimum absolute atomic E-state index is 0.131. The van der Waals surface area contributed by atoms with Crippen molar-refractivity contribution in [2.45, 2.75) is 45.3 Å². The van der Waals surface area contributed by atoms with Crippen LogP contribution in [0.2, 0.25) is 0 Å². The van der Waals surface area contributed by atoms with Gasteiger partial charge in [0.15, 0.2) is 0 Å². The van der Waals surface area contributed by atoms with Gasteiger partial charge < -0.3 is 19.5 Å². The lowest BCUT2D eigenvalue weighted by Crippen LogP contribution is -2.25. The number of benzene rings is 2. The Bertz CT molecular complexity index is 665. The third-order valence-electron chi connectivity index (χ3n) is 4.69. The number of rotatable bonds is 9. The SMILES string of the molecule is CCC(CNc1ccc(OCC2CCCO2)cc1)Oc1ccccc1C. The number of anilines is 1. The molecule has 0 amide bonds. The topological polar surface area (TPSA) is 39.7 Å². The summed E-state index contributed by atoms with van der Waals surface area (Å²) >= 11 is 0. The third kappa shape index (κ3) is 5.40. The molecule has 4 nitrogen and oxygen atoms in total. The standard InChI is InChI=1S/C22H29NO3/c1-3-19(26-22-9-5-4-7-17(22)2)15-23-18-10-12-20(13-11-18)25-16-21-8-6-14-24-21/h4-5,7,9-13,19,21,23H,3,6,8,14-16H2,1-2H3. The number of hydrogen-bond donors (Lipinski definition) is 1. The molecule has 2 aromatic rings. The zero-order chi connectivity index (χ0) is 18.2. The Hall–Kier alpha value is -2.20. The molecule has 0 radical (unpaired) electrons. The van der Waals surface area contributed by atoms with Crippen molar-refractivity contribution < 1.29 is 14.2 Å². The highest BCUT2D eigenvalue weighted by atomic mass is 16.5. The summed E-state index contributed by atoms with van der Waals surface area (Å²) in [5, 5.41) is 3.45. The summed E-state index contributed by atoms with van der Waals surface area (Å²) in [5.41, 5.74) is 2.24. The number of nitrogens with one attached hydrogen (secondary N) is 1. The second-order valence-corrected chi connectivity index (χ2v) is 6.76. The molecule has 2 atom stereocenters. The molecule has 4 heteroatoms. The maximum Gasteiger partial charge on any atom is 0.122 e. The Morgan fingerprint density at radius 3 is 2.65 bits per heavy atom. The molecule has 140 valence electrons. The third-order valence-corrected chi connectivity index (χ3v) is 4.69. The van der Waals surface area contributed by atoms with Crippen LogP contribution in [0, 0.1) is 6.92 Å². The van der Waals surface area contributed by atoms with Gasteiger partial charge in [-0.3, -0.25) is 0 Å². The molecule has 1 saturated heterocycles. The number of hydrogen-bond acceptors (Lipinski definition) is 4. The summed E-state index contributed by atoms with van der Waals surface area (Å²) in [6.45, 7) is 6.48. The minimum atomic E-state index is 0.131. The molecule has 0 spiro atoms. The molecule has 2 aromatic carbocycles. The van der Waals surface area contributed by atoms with E-state index in [4.69, 9.17) is 14.2 Å². The lowest BCUT2D eigenvalue weighted by molar-refractivity contribution is 0.0679. The average Bonchev–Trinajstić information content (AvgIpc) is 3.19. The Kier molecular flexibility index (Phi) is 6.78. The number of aryl methyl sites for hydroxylation is 1. The van der Waals surface area contributed by atoms with E-state index in [0.29, 0.717) is 6.61 Å². The van der Waals surface area contributed by atoms with Gasteiger partial charge in [0.05, 0.1) is 12.6 Å². The molecule has 0 saturated carbocycles. The summed E-state index contributed by atoms with van der Waals surface area (Å²) in [4.78, 5) is 0. The summed E-state index contributed by atoms with van der Waals surface area (Å²) < 4.78 is 17.5. The predicted octanol–water partition coefficient (Wildman–Crippen LogP) is 4.82. The lowest BCUT2D eigenvalue weighted by Gasteiger charge is -2.20. The summed E-state index contributed by atoms with van der Waals surface area (Å²) in [6, 6.07) is 16.2. The Morgan fingerprint density at radius 2 is 1.96 bits per heavy atom. The first-order chi connectivity index (χ1) is 12.7. The highest BCUT2D eigenvalue weighted by molar-refractivity contribution is 5.46. The highest BCUT2D eigenvalue weighted by Crippen LogP contribution is 2.21. The first-order valence-electron chi connectivity index (χ1n) is 9.55. The first kappa shape index (κ1) is 18.6. The molecule has 0 bridgehead atoms. The molecule has 0 aliphatic carbocycles. The lowest BCUT2D eigenvalue weighted by atomic mass is 10.2. The molecule has 1 aliphatic heterocycles. The van der Waals surface area contributed by atoms with Crippen molar-refractivity contribution in [2.24, 2.45) is 0 Å². The molecule has 1 aliphatic rings. The molecule has 1 heterocycles. The van der Waals surface area contributed by atoms with E-state index in [2.05, 4.69) is 25.2 Å². The van der Waals surface area contributed by atoms with Crippen molar-refractivity contribution in [3.05, 3.63) is 54.1 Å². The fourth-order valence-electron chi connectivity index (χ4n) is 3.00. The molecular weight excluding hydrogens is 326 g/mol. The van der Waals surface area contributed by atoms with Crippen LogP contribution in [0.4, 0.5) is 5.69 Å². The zero-order valence-corrected chi connectivity index (χ0v) is 15.7. The van der Waals surface area contributed by atoms with Crippen molar-refractivity contribution >= 4 is 5.69 Å². The molecular formula is C22H29NO3. The van der Waals surface area contributed by atoms with Gasteiger partial charge in [-0.05, 0) is 62.1 Å². The van der Waals surface area contributed by atoms with E-state index in [1.54, 1.807) is 0 Å². The van der Waals surface area contributed by atoms with Gasteiger partial charge in [-0.25, -0.2) is 0 Å². The monoisotopic (exact) mass is 355 g/mol. The second-order valence-electron chi connectivity index (χ2n) is 6.76. The van der Waals surface area contributed by atoms with Crippen LogP contribution < -0.4 is 14.8 Å². The van der Waals surface area contributed by atoms with Gasteiger partial charge in [0.25, 0.3) is 0 Å². The van der Waals surface area contributed by atoms with E-state index in [-0.39, 0.29) is 12.2 Å². The van der Waals surface area contributed by atoms with Gasteiger partial charge in [-0.1, -0.05) is 25.1 Å². The zero-order valence-electron chi connectivity index (χ0n) is 15.7. The van der Waals surface area contributed by atoms with E-state index >= 15 is 0 Å². The van der Waals surface area contributed by atoms with E-state index in [9.17, 15) is 0 Å². The Labute approximate surface area is 156 Å². The van der Waals surface area contributed by atoms with Crippen molar-refractivity contribution in [2.75, 3.05) is 25.1 Å². The van der Waals surface area contributed by atoms with Gasteiger partial charge in [0.2, 0.25) is 0 Å². The van der Waals surface area contributed by atoms with Gasteiger partial charge in [0.1, 0.15) is 24.2 Å². The van der Waals surface area contributed by atoms with Crippen LogP contribution >= 0.6 is 0 Å². The average molecular weight is 355 g/mol. The van der Waals surface area contributed by atoms with Crippen LogP contribution in [0.25, 0.3) is 0 Å². The van der Waals surface area contributed by atoms with Gasteiger partial charge in [0, 0.05) is 12.3 Å². The molecule has 3 rings (SSSR count). The smallest absolute Gasteiger partial charge is 0.122 e. The molecule has 1 fully saturated rings. The van der Waals surface area contributed by atoms with Crippen molar-refractivity contribution in [3.63, 3.8) is 0 Å². The van der Waals surface area contributed by atoms with E-state index in [0.717, 1.165) is 49.6 Å². The predicted molar refractivity (Wildman–Crippen MR) is 105 cm³/mol. The van der Waals surface area contributed by atoms with Crippen LogP contribution in [-0.2, 0) is 4.74 Å². The van der Waals surface area contributed by atoms with Crippen LogP contribution in [-0.4, -0.2) is 32.0 Å². The molecule has 1 N–H and O–H groups in total. The van der Waals surface area contributed by atoms with Gasteiger partial charge in [-0.15, -0.1) is 0 Å². The van der Waals surface area contributed by atoms with Gasteiger partial charge >= 0.3 is 0 Å². The van der Waals surface area contributed by atoms with Crippen LogP contribution in [0.3, 0.4) is 0 Å². The molecule has 0 aromatic heterocycles. The van der Waals surface area contributed by atoms with Crippen molar-refractivity contribution in [1.29, 1.82) is 0 Å². The van der Waals surface area contributed by atoms with Crippen LogP contribution in [0.1, 0.15) is 31.7 Å².